The van der Waals surface area contributed by atoms with Crippen LogP contribution >= 0.6 is 15.9 Å². The first kappa shape index (κ1) is 32.2. The zero-order valence-electron chi connectivity index (χ0n) is 26.7. The van der Waals surface area contributed by atoms with Crippen molar-refractivity contribution in [3.8, 4) is 11.1 Å². The lowest BCUT2D eigenvalue weighted by atomic mass is 9.93. The standard InChI is InChI=1S/C35H35BrFN7O4/c1-20(45)31-26-12-23(25-16-38-21(2)39-17-25)11-24(15-37)32(26)43(42-31)18-30(46)44-27-13-35(14-28(35)44)9-5-3-4-6-10-48-19-22-7-8-29(36)40-33(22)41-34(27)47/h4,6-8,11-12,16-17,27-28H,3,5,9-10,13-15,18-19H2,1-2H3,(H,40,41,47)/b6-4-/t27-,28+,35-/m0/s1. The quantitative estimate of drug-likeness (QED) is 0.154. The molecule has 1 spiro atoms. The molecule has 3 aliphatic rings. The molecule has 11 nitrogen and oxygen atoms in total. The van der Waals surface area contributed by atoms with Crippen LogP contribution in [0.4, 0.5) is 10.2 Å². The second-order valence-corrected chi connectivity index (χ2v) is 13.7. The number of likely N-dealkylation sites (tertiary alicyclic amines) is 1. The van der Waals surface area contributed by atoms with Crippen LogP contribution in [0.3, 0.4) is 0 Å². The van der Waals surface area contributed by atoms with Crippen molar-refractivity contribution in [1.82, 2.24) is 29.6 Å². The number of aromatic nitrogens is 5. The van der Waals surface area contributed by atoms with E-state index in [2.05, 4.69) is 47.4 Å². The highest BCUT2D eigenvalue weighted by Gasteiger charge is 2.66. The Bertz CT molecular complexity index is 1960. The number of halogens is 2. The minimum Gasteiger partial charge on any atom is -0.373 e. The number of benzene rings is 1. The highest BCUT2D eigenvalue weighted by atomic mass is 79.9. The predicted molar refractivity (Wildman–Crippen MR) is 180 cm³/mol. The second kappa shape index (κ2) is 12.9. The summed E-state index contributed by atoms with van der Waals surface area (Å²) in [5.74, 6) is 0.0343. The van der Waals surface area contributed by atoms with Crippen molar-refractivity contribution in [1.29, 1.82) is 0 Å². The largest absolute Gasteiger partial charge is 0.373 e. The molecule has 4 aromatic rings. The van der Waals surface area contributed by atoms with Gasteiger partial charge in [0.1, 0.15) is 41.2 Å². The number of amides is 2. The number of rotatable bonds is 5. The van der Waals surface area contributed by atoms with Gasteiger partial charge in [-0.2, -0.15) is 5.10 Å². The van der Waals surface area contributed by atoms with Crippen LogP contribution in [0.1, 0.15) is 66.5 Å². The third-order valence-electron chi connectivity index (χ3n) is 9.68. The van der Waals surface area contributed by atoms with E-state index in [1.165, 1.54) is 11.6 Å². The van der Waals surface area contributed by atoms with Crippen LogP contribution in [0.2, 0.25) is 0 Å². The number of carbonyl (C=O) groups excluding carboxylic acids is 3. The molecule has 3 atom stereocenters. The van der Waals surface area contributed by atoms with Crippen LogP contribution in [0, 0.1) is 12.3 Å². The lowest BCUT2D eigenvalue weighted by Gasteiger charge is -2.27. The minimum atomic E-state index is -0.838. The highest BCUT2D eigenvalue weighted by Crippen LogP contribution is 2.62. The summed E-state index contributed by atoms with van der Waals surface area (Å²) in [6, 6.07) is 6.26. The van der Waals surface area contributed by atoms with E-state index in [0.717, 1.165) is 31.2 Å². The topological polar surface area (TPSA) is 132 Å². The number of fused-ring (bicyclic) bond motifs is 3. The van der Waals surface area contributed by atoms with Crippen LogP contribution < -0.4 is 5.32 Å². The van der Waals surface area contributed by atoms with Crippen LogP contribution in [-0.4, -0.2) is 65.9 Å². The van der Waals surface area contributed by atoms with Gasteiger partial charge in [-0.3, -0.25) is 19.1 Å². The Kier molecular flexibility index (Phi) is 8.67. The van der Waals surface area contributed by atoms with Crippen LogP contribution in [0.25, 0.3) is 22.0 Å². The first-order valence-electron chi connectivity index (χ1n) is 16.1. The molecule has 13 heteroatoms. The van der Waals surface area contributed by atoms with Crippen molar-refractivity contribution in [2.75, 3.05) is 11.9 Å². The third kappa shape index (κ3) is 6.05. The Hall–Kier alpha value is -4.36. The van der Waals surface area contributed by atoms with E-state index >= 15 is 0 Å². The van der Waals surface area contributed by atoms with Crippen molar-refractivity contribution in [3.05, 3.63) is 76.1 Å². The van der Waals surface area contributed by atoms with Crippen LogP contribution in [-0.2, 0) is 34.2 Å². The van der Waals surface area contributed by atoms with Crippen molar-refractivity contribution in [3.63, 3.8) is 0 Å². The number of alkyl halides is 1. The number of carbonyl (C=O) groups is 3. The molecular formula is C35H35BrFN7O4. The van der Waals surface area contributed by atoms with E-state index in [1.54, 1.807) is 42.4 Å². The Morgan fingerprint density at radius 2 is 1.96 bits per heavy atom. The zero-order chi connectivity index (χ0) is 33.6. The van der Waals surface area contributed by atoms with Gasteiger partial charge in [0, 0.05) is 47.4 Å². The Morgan fingerprint density at radius 1 is 1.15 bits per heavy atom. The summed E-state index contributed by atoms with van der Waals surface area (Å²) >= 11 is 3.40. The van der Waals surface area contributed by atoms with Crippen molar-refractivity contribution in [2.24, 2.45) is 5.41 Å². The molecule has 7 rings (SSSR count). The number of ether oxygens (including phenoxy) is 1. The summed E-state index contributed by atoms with van der Waals surface area (Å²) in [4.78, 5) is 55.8. The van der Waals surface area contributed by atoms with Crippen molar-refractivity contribution < 1.29 is 23.5 Å². The number of nitrogens with one attached hydrogen (secondary N) is 1. The van der Waals surface area contributed by atoms with E-state index < -0.39 is 12.7 Å². The molecule has 5 heterocycles. The first-order valence-corrected chi connectivity index (χ1v) is 16.9. The molecule has 2 fully saturated rings. The molecule has 0 unspecified atom stereocenters. The Balaban J connectivity index is 1.23. The van der Waals surface area contributed by atoms with Gasteiger partial charge in [0.15, 0.2) is 5.78 Å². The number of hydrogen-bond acceptors (Lipinski definition) is 8. The van der Waals surface area contributed by atoms with Gasteiger partial charge in [0.2, 0.25) is 11.8 Å². The zero-order valence-corrected chi connectivity index (χ0v) is 28.3. The number of allylic oxidation sites excluding steroid dienone is 1. The van der Waals surface area contributed by atoms with Crippen molar-refractivity contribution in [2.45, 2.75) is 77.9 Å². The molecule has 1 saturated carbocycles. The summed E-state index contributed by atoms with van der Waals surface area (Å²) in [5.41, 5.74) is 2.69. The molecule has 3 aromatic heterocycles. The fourth-order valence-electron chi connectivity index (χ4n) is 7.26. The van der Waals surface area contributed by atoms with Gasteiger partial charge in [0.05, 0.1) is 18.7 Å². The maximum absolute atomic E-state index is 14.7. The molecule has 1 N–H and O–H groups in total. The average Bonchev–Trinajstić information content (AvgIpc) is 3.47. The average molecular weight is 717 g/mol. The van der Waals surface area contributed by atoms with Gasteiger partial charge < -0.3 is 15.0 Å². The summed E-state index contributed by atoms with van der Waals surface area (Å²) in [5, 5.41) is 7.97. The molecule has 248 valence electrons. The van der Waals surface area contributed by atoms with Crippen molar-refractivity contribution >= 4 is 50.2 Å². The maximum atomic E-state index is 14.7. The molecule has 0 radical (unpaired) electrons. The SMILES string of the molecule is CC(=O)c1nn(CC(=O)N2[C@H]3C[C@@]4(CCC/C=C\COCc5ccc(Br)nc5NC3=O)C[C@@H]24)c2c(CF)cc(-c3cnc(C)nc3)cc12. The number of piperidine rings is 1. The molecule has 2 bridgehead atoms. The van der Waals surface area contributed by atoms with Crippen LogP contribution in [0.5, 0.6) is 0 Å². The molecule has 48 heavy (non-hydrogen) atoms. The lowest BCUT2D eigenvalue weighted by molar-refractivity contribution is -0.138. The summed E-state index contributed by atoms with van der Waals surface area (Å²) in [7, 11) is 0. The number of nitrogens with zero attached hydrogens (tertiary/aromatic N) is 6. The fourth-order valence-corrected chi connectivity index (χ4v) is 7.57. The van der Waals surface area contributed by atoms with E-state index in [9.17, 15) is 18.8 Å². The first-order chi connectivity index (χ1) is 23.2. The van der Waals surface area contributed by atoms with E-state index in [0.29, 0.717) is 51.3 Å². The number of ketones is 1. The van der Waals surface area contributed by atoms with E-state index in [4.69, 9.17) is 4.74 Å². The molecule has 2 amide bonds. The van der Waals surface area contributed by atoms with Crippen LogP contribution in [0.15, 0.2) is 53.4 Å². The molecule has 1 aromatic carbocycles. The third-order valence-corrected chi connectivity index (χ3v) is 10.1. The Morgan fingerprint density at radius 3 is 2.73 bits per heavy atom. The fraction of sp³-hybridized carbons (Fsp3) is 0.400. The Labute approximate surface area is 285 Å². The van der Waals surface area contributed by atoms with Gasteiger partial charge in [-0.05, 0) is 84.1 Å². The van der Waals surface area contributed by atoms with Gasteiger partial charge in [-0.15, -0.1) is 0 Å². The van der Waals surface area contributed by atoms with Gasteiger partial charge in [-0.25, -0.2) is 19.3 Å². The predicted octanol–water partition coefficient (Wildman–Crippen LogP) is 5.89. The molecule has 1 saturated heterocycles. The number of Topliss-reactive ketones (excluding diaryl/α,β-unsaturated/α-hetero) is 1. The van der Waals surface area contributed by atoms with Gasteiger partial charge >= 0.3 is 0 Å². The normalized spacial score (nSPS) is 23.1. The van der Waals surface area contributed by atoms with Gasteiger partial charge in [-0.1, -0.05) is 18.2 Å². The molecular weight excluding hydrogens is 681 g/mol. The summed E-state index contributed by atoms with van der Waals surface area (Å²) in [6.45, 7) is 2.80. The second-order valence-electron chi connectivity index (χ2n) is 12.9. The molecule has 2 aliphatic heterocycles. The number of hydrogen-bond donors (Lipinski definition) is 1. The number of anilines is 1. The highest BCUT2D eigenvalue weighted by molar-refractivity contribution is 9.10. The monoisotopic (exact) mass is 715 g/mol. The summed E-state index contributed by atoms with van der Waals surface area (Å²) < 4.78 is 22.5. The summed E-state index contributed by atoms with van der Waals surface area (Å²) in [6.07, 6.45) is 11.5. The maximum Gasteiger partial charge on any atom is 0.248 e. The molecule has 1 aliphatic carbocycles. The minimum absolute atomic E-state index is 0.0983. The lowest BCUT2D eigenvalue weighted by Crippen LogP contribution is -2.47. The van der Waals surface area contributed by atoms with Gasteiger partial charge in [0.25, 0.3) is 0 Å². The van der Waals surface area contributed by atoms with E-state index in [1.807, 2.05) is 12.1 Å². The number of pyridine rings is 1. The number of aryl methyl sites for hydroxylation is 1. The smallest absolute Gasteiger partial charge is 0.248 e. The van der Waals surface area contributed by atoms with E-state index in [-0.39, 0.29) is 53.5 Å².